The third kappa shape index (κ3) is 5.52. The summed E-state index contributed by atoms with van der Waals surface area (Å²) in [5, 5.41) is 19.8. The summed E-state index contributed by atoms with van der Waals surface area (Å²) >= 11 is 0. The van der Waals surface area contributed by atoms with Crippen LogP contribution >= 0.6 is 0 Å². The minimum absolute atomic E-state index is 0.398. The van der Waals surface area contributed by atoms with Crippen molar-refractivity contribution in [2.45, 2.75) is 97.7 Å². The van der Waals surface area contributed by atoms with Gasteiger partial charge in [-0.05, 0) is 76.0 Å². The van der Waals surface area contributed by atoms with Gasteiger partial charge in [0.2, 0.25) is 0 Å². The summed E-state index contributed by atoms with van der Waals surface area (Å²) in [5.41, 5.74) is -1.48. The molecule has 26 heavy (non-hydrogen) atoms. The van der Waals surface area contributed by atoms with E-state index in [2.05, 4.69) is 37.5 Å². The zero-order valence-electron chi connectivity index (χ0n) is 17.7. The lowest BCUT2D eigenvalue weighted by Crippen LogP contribution is -2.38. The molecule has 2 aliphatic rings. The highest BCUT2D eigenvalue weighted by atomic mass is 16.3. The molecule has 0 bridgehead atoms. The van der Waals surface area contributed by atoms with E-state index in [4.69, 9.17) is 0 Å². The van der Waals surface area contributed by atoms with Gasteiger partial charge in [-0.25, -0.2) is 0 Å². The smallest absolute Gasteiger partial charge is 0.119 e. The molecular weight excluding hydrogens is 320 g/mol. The molecule has 2 fully saturated rings. The third-order valence-corrected chi connectivity index (χ3v) is 6.63. The maximum atomic E-state index is 9.92. The minimum atomic E-state index is -0.940. The molecule has 2 nitrogen and oxygen atoms in total. The number of hydrogen-bond donors (Lipinski definition) is 2. The maximum Gasteiger partial charge on any atom is 0.119 e. The molecule has 1 unspecified atom stereocenters. The summed E-state index contributed by atoms with van der Waals surface area (Å²) in [5.74, 6) is 15.2. The van der Waals surface area contributed by atoms with E-state index in [1.165, 1.54) is 32.1 Å². The van der Waals surface area contributed by atoms with E-state index in [9.17, 15) is 10.2 Å². The van der Waals surface area contributed by atoms with Crippen molar-refractivity contribution in [1.82, 2.24) is 0 Å². The molecule has 0 spiro atoms. The Kier molecular flexibility index (Phi) is 6.53. The fourth-order valence-electron chi connectivity index (χ4n) is 5.53. The average molecular weight is 359 g/mol. The summed E-state index contributed by atoms with van der Waals surface area (Å²) in [7, 11) is 0. The van der Waals surface area contributed by atoms with Crippen molar-refractivity contribution in [1.29, 1.82) is 0 Å². The summed E-state index contributed by atoms with van der Waals surface area (Å²) in [6.07, 6.45) is 8.19. The van der Waals surface area contributed by atoms with Crippen molar-refractivity contribution in [3.8, 4) is 23.7 Å². The van der Waals surface area contributed by atoms with Crippen molar-refractivity contribution in [3.63, 3.8) is 0 Å². The molecule has 0 aliphatic heterocycles. The minimum Gasteiger partial charge on any atom is -0.378 e. The van der Waals surface area contributed by atoms with Crippen molar-refractivity contribution in [3.05, 3.63) is 0 Å². The molecule has 2 aliphatic carbocycles. The van der Waals surface area contributed by atoms with Gasteiger partial charge in [-0.1, -0.05) is 50.4 Å². The van der Waals surface area contributed by atoms with Crippen LogP contribution in [-0.2, 0) is 0 Å². The van der Waals surface area contributed by atoms with Gasteiger partial charge < -0.3 is 10.2 Å². The highest BCUT2D eigenvalue weighted by molar-refractivity contribution is 5.15. The van der Waals surface area contributed by atoms with Gasteiger partial charge >= 0.3 is 0 Å². The molecule has 146 valence electrons. The van der Waals surface area contributed by atoms with Gasteiger partial charge in [0.1, 0.15) is 11.2 Å². The fourth-order valence-corrected chi connectivity index (χ4v) is 5.53. The van der Waals surface area contributed by atoms with E-state index in [1.54, 1.807) is 27.7 Å². The van der Waals surface area contributed by atoms with Crippen molar-refractivity contribution >= 4 is 0 Å². The van der Waals surface area contributed by atoms with E-state index in [-0.39, 0.29) is 0 Å². The Labute approximate surface area is 161 Å². The number of rotatable bonds is 3. The quantitative estimate of drug-likeness (QED) is 0.713. The summed E-state index contributed by atoms with van der Waals surface area (Å²) in [6.45, 7) is 11.9. The molecule has 0 radical (unpaired) electrons. The highest BCUT2D eigenvalue weighted by Gasteiger charge is 2.51. The van der Waals surface area contributed by atoms with Crippen LogP contribution in [0.1, 0.15) is 86.5 Å². The van der Waals surface area contributed by atoms with Gasteiger partial charge in [-0.2, -0.15) is 0 Å². The Hall–Kier alpha value is -0.960. The third-order valence-electron chi connectivity index (χ3n) is 6.63. The lowest BCUT2D eigenvalue weighted by molar-refractivity contribution is 0.0350. The van der Waals surface area contributed by atoms with Crippen LogP contribution < -0.4 is 0 Å². The topological polar surface area (TPSA) is 40.5 Å². The van der Waals surface area contributed by atoms with Crippen molar-refractivity contribution in [2.24, 2.45) is 29.1 Å². The SMILES string of the molecule is C[C@H]1CCC[C@@]2(C)C1CC[C@@H]2C(CC#CC(C)(C)O)CC#CC(C)(C)O. The van der Waals surface area contributed by atoms with Gasteiger partial charge in [-0.15, -0.1) is 0 Å². The van der Waals surface area contributed by atoms with Crippen LogP contribution in [0.25, 0.3) is 0 Å². The van der Waals surface area contributed by atoms with Gasteiger partial charge in [0.05, 0.1) is 0 Å². The van der Waals surface area contributed by atoms with Crippen molar-refractivity contribution in [2.75, 3.05) is 0 Å². The van der Waals surface area contributed by atoms with Crippen LogP contribution in [0.2, 0.25) is 0 Å². The molecule has 4 atom stereocenters. The molecule has 0 aromatic heterocycles. The molecule has 2 rings (SSSR count). The van der Waals surface area contributed by atoms with E-state index < -0.39 is 11.2 Å². The van der Waals surface area contributed by atoms with E-state index in [0.717, 1.165) is 24.7 Å². The second-order valence-electron chi connectivity index (χ2n) is 10.1. The van der Waals surface area contributed by atoms with E-state index >= 15 is 0 Å². The Morgan fingerprint density at radius 3 is 2.00 bits per heavy atom. The van der Waals surface area contributed by atoms with Crippen LogP contribution in [-0.4, -0.2) is 21.4 Å². The molecule has 2 N–H and O–H groups in total. The zero-order chi connectivity index (χ0) is 19.6. The van der Waals surface area contributed by atoms with E-state index in [1.807, 2.05) is 0 Å². The van der Waals surface area contributed by atoms with E-state index in [0.29, 0.717) is 17.3 Å². The summed E-state index contributed by atoms with van der Waals surface area (Å²) in [6, 6.07) is 0. The normalized spacial score (nSPS) is 31.7. The Bertz CT molecular complexity index is 565. The van der Waals surface area contributed by atoms with Crippen LogP contribution in [0, 0.1) is 52.8 Å². The summed E-state index contributed by atoms with van der Waals surface area (Å²) < 4.78 is 0. The van der Waals surface area contributed by atoms with Gasteiger partial charge in [0.25, 0.3) is 0 Å². The Morgan fingerprint density at radius 2 is 1.50 bits per heavy atom. The first-order valence-electron chi connectivity index (χ1n) is 10.4. The number of fused-ring (bicyclic) bond motifs is 1. The molecule has 0 heterocycles. The summed E-state index contributed by atoms with van der Waals surface area (Å²) in [4.78, 5) is 0. The fraction of sp³-hybridized carbons (Fsp3) is 0.833. The second-order valence-corrected chi connectivity index (χ2v) is 10.1. The van der Waals surface area contributed by atoms with Crippen LogP contribution in [0.15, 0.2) is 0 Å². The first-order valence-corrected chi connectivity index (χ1v) is 10.4. The first-order chi connectivity index (χ1) is 11.9. The number of hydrogen-bond acceptors (Lipinski definition) is 2. The molecule has 0 aromatic carbocycles. The molecular formula is C24H38O2. The van der Waals surface area contributed by atoms with Gasteiger partial charge in [0, 0.05) is 12.8 Å². The highest BCUT2D eigenvalue weighted by Crippen LogP contribution is 2.60. The second kappa shape index (κ2) is 7.96. The van der Waals surface area contributed by atoms with Gasteiger partial charge in [-0.3, -0.25) is 0 Å². The predicted octanol–water partition coefficient (Wildman–Crippen LogP) is 4.78. The number of aliphatic hydroxyl groups is 2. The molecule has 2 saturated carbocycles. The predicted molar refractivity (Wildman–Crippen MR) is 108 cm³/mol. The lowest BCUT2D eigenvalue weighted by Gasteiger charge is -2.46. The van der Waals surface area contributed by atoms with Gasteiger partial charge in [0.15, 0.2) is 0 Å². The van der Waals surface area contributed by atoms with Crippen LogP contribution in [0.5, 0.6) is 0 Å². The molecule has 2 heteroatoms. The molecule has 0 aromatic rings. The molecule has 0 saturated heterocycles. The Morgan fingerprint density at radius 1 is 0.962 bits per heavy atom. The molecule has 0 amide bonds. The standard InChI is InChI=1S/C24H38O2/c1-18-10-7-17-24(6)20(18)13-14-21(24)19(11-8-15-22(2,3)25)12-9-16-23(4,5)26/h18-21,25-26H,7,10-14,17H2,1-6H3/t18-,20?,21+,24-/m0/s1. The monoisotopic (exact) mass is 358 g/mol. The van der Waals surface area contributed by atoms with Crippen LogP contribution in [0.3, 0.4) is 0 Å². The average Bonchev–Trinajstić information content (AvgIpc) is 2.81. The zero-order valence-corrected chi connectivity index (χ0v) is 17.7. The first kappa shape index (κ1) is 21.3. The lowest BCUT2D eigenvalue weighted by atomic mass is 9.59. The maximum absolute atomic E-state index is 9.92. The van der Waals surface area contributed by atoms with Crippen LogP contribution in [0.4, 0.5) is 0 Å². The van der Waals surface area contributed by atoms with Crippen molar-refractivity contribution < 1.29 is 10.2 Å². The largest absolute Gasteiger partial charge is 0.378 e. The Balaban J connectivity index is 2.21.